The lowest BCUT2D eigenvalue weighted by atomic mass is 9.94. The van der Waals surface area contributed by atoms with Crippen molar-refractivity contribution in [2.45, 2.75) is 37.8 Å². The first-order valence-corrected chi connectivity index (χ1v) is 14.0. The molecule has 0 aromatic heterocycles. The molecule has 0 aliphatic carbocycles. The van der Waals surface area contributed by atoms with Gasteiger partial charge >= 0.3 is 12.0 Å². The van der Waals surface area contributed by atoms with Gasteiger partial charge in [-0.15, -0.1) is 0 Å². The molecule has 10 heteroatoms. The number of rotatable bonds is 8. The summed E-state index contributed by atoms with van der Waals surface area (Å²) < 4.78 is 33.4. The van der Waals surface area contributed by atoms with Crippen molar-refractivity contribution in [3.63, 3.8) is 0 Å². The fourth-order valence-corrected chi connectivity index (χ4v) is 6.64. The molecule has 0 radical (unpaired) electrons. The van der Waals surface area contributed by atoms with Crippen LogP contribution in [-0.4, -0.2) is 79.9 Å². The van der Waals surface area contributed by atoms with Crippen LogP contribution < -0.4 is 5.32 Å². The Kier molecular flexibility index (Phi) is 8.31. The van der Waals surface area contributed by atoms with Crippen molar-refractivity contribution in [2.24, 2.45) is 0 Å². The highest BCUT2D eigenvalue weighted by molar-refractivity contribution is 7.89. The van der Waals surface area contributed by atoms with Crippen LogP contribution in [0.1, 0.15) is 32.4 Å². The molecule has 4 rings (SSSR count). The zero-order valence-electron chi connectivity index (χ0n) is 21.5. The summed E-state index contributed by atoms with van der Waals surface area (Å²) in [6.07, 6.45) is 0. The molecule has 1 N–H and O–H groups in total. The summed E-state index contributed by atoms with van der Waals surface area (Å²) in [7, 11) is -3.62. The number of piperazine rings is 1. The van der Waals surface area contributed by atoms with E-state index in [0.717, 1.165) is 5.56 Å². The molecule has 2 heterocycles. The Balaban J connectivity index is 1.64. The van der Waals surface area contributed by atoms with Gasteiger partial charge < -0.3 is 10.1 Å². The van der Waals surface area contributed by atoms with E-state index in [2.05, 4.69) is 10.2 Å². The third-order valence-corrected chi connectivity index (χ3v) is 8.78. The van der Waals surface area contributed by atoms with Crippen LogP contribution in [0, 0.1) is 0 Å². The van der Waals surface area contributed by atoms with E-state index >= 15 is 0 Å². The number of nitrogens with one attached hydrogen (secondary N) is 1. The van der Waals surface area contributed by atoms with E-state index in [1.54, 1.807) is 42.2 Å². The third kappa shape index (κ3) is 5.56. The van der Waals surface area contributed by atoms with Crippen molar-refractivity contribution >= 4 is 22.0 Å². The van der Waals surface area contributed by atoms with Gasteiger partial charge in [0, 0.05) is 44.5 Å². The minimum atomic E-state index is -3.62. The van der Waals surface area contributed by atoms with Crippen molar-refractivity contribution in [3.8, 4) is 0 Å². The predicted molar refractivity (Wildman–Crippen MR) is 140 cm³/mol. The van der Waals surface area contributed by atoms with Gasteiger partial charge in [-0.05, 0) is 38.5 Å². The van der Waals surface area contributed by atoms with Crippen molar-refractivity contribution in [1.82, 2.24) is 19.4 Å². The number of sulfonamides is 1. The predicted octanol–water partition coefficient (Wildman–Crippen LogP) is 2.99. The van der Waals surface area contributed by atoms with Crippen LogP contribution in [-0.2, 0) is 19.6 Å². The Bertz CT molecular complexity index is 1250. The highest BCUT2D eigenvalue weighted by Crippen LogP contribution is 2.32. The molecule has 198 valence electrons. The Morgan fingerprint density at radius 3 is 2.27 bits per heavy atom. The molecule has 0 saturated carbocycles. The van der Waals surface area contributed by atoms with Gasteiger partial charge in [0.1, 0.15) is 0 Å². The van der Waals surface area contributed by atoms with Crippen molar-refractivity contribution in [1.29, 1.82) is 0 Å². The first-order valence-electron chi connectivity index (χ1n) is 12.6. The molecule has 2 aliphatic heterocycles. The molecule has 2 atom stereocenters. The van der Waals surface area contributed by atoms with E-state index in [9.17, 15) is 18.0 Å². The Labute approximate surface area is 218 Å². The molecule has 2 aliphatic rings. The summed E-state index contributed by atoms with van der Waals surface area (Å²) in [5.74, 6) is -0.469. The normalized spacial score (nSPS) is 21.6. The lowest BCUT2D eigenvalue weighted by molar-refractivity contribution is -0.139. The van der Waals surface area contributed by atoms with Gasteiger partial charge in [0.2, 0.25) is 10.0 Å². The lowest BCUT2D eigenvalue weighted by Crippen LogP contribution is -2.56. The van der Waals surface area contributed by atoms with E-state index in [1.165, 1.54) is 4.31 Å². The van der Waals surface area contributed by atoms with E-state index in [4.69, 9.17) is 4.74 Å². The molecule has 2 aromatic rings. The number of ether oxygens (including phenoxy) is 1. The minimum absolute atomic E-state index is 0.213. The number of carbonyl (C=O) groups excluding carboxylic acids is 2. The van der Waals surface area contributed by atoms with E-state index < -0.39 is 22.0 Å². The number of carbonyl (C=O) groups is 2. The van der Waals surface area contributed by atoms with Crippen LogP contribution >= 0.6 is 0 Å². The highest BCUT2D eigenvalue weighted by Gasteiger charge is 2.40. The first kappa shape index (κ1) is 26.8. The van der Waals surface area contributed by atoms with Gasteiger partial charge in [-0.1, -0.05) is 48.5 Å². The van der Waals surface area contributed by atoms with Crippen LogP contribution in [0.25, 0.3) is 0 Å². The first-order chi connectivity index (χ1) is 17.8. The quantitative estimate of drug-likeness (QED) is 0.531. The minimum Gasteiger partial charge on any atom is -0.463 e. The van der Waals surface area contributed by atoms with Crippen molar-refractivity contribution in [3.05, 3.63) is 77.5 Å². The Hall–Kier alpha value is -3.21. The molecule has 2 aromatic carbocycles. The average molecular weight is 527 g/mol. The third-order valence-electron chi connectivity index (χ3n) is 6.76. The topological polar surface area (TPSA) is 99.3 Å². The zero-order chi connectivity index (χ0) is 26.6. The van der Waals surface area contributed by atoms with Gasteiger partial charge in [0.15, 0.2) is 0 Å². The fraction of sp³-hybridized carbons (Fsp3) is 0.407. The van der Waals surface area contributed by atoms with Crippen molar-refractivity contribution < 1.29 is 22.7 Å². The molecule has 37 heavy (non-hydrogen) atoms. The Morgan fingerprint density at radius 1 is 1.03 bits per heavy atom. The molecule has 0 bridgehead atoms. The molecule has 0 unspecified atom stereocenters. The van der Waals surface area contributed by atoms with Gasteiger partial charge in [-0.3, -0.25) is 9.80 Å². The molecule has 0 spiro atoms. The average Bonchev–Trinajstić information content (AvgIpc) is 2.89. The number of nitrogens with zero attached hydrogens (tertiary/aromatic N) is 3. The second-order valence-electron chi connectivity index (χ2n) is 9.13. The number of hydrogen-bond acceptors (Lipinski definition) is 6. The summed E-state index contributed by atoms with van der Waals surface area (Å²) in [4.78, 5) is 30.3. The maximum atomic E-state index is 13.2. The van der Waals surface area contributed by atoms with E-state index in [0.29, 0.717) is 44.0 Å². The maximum Gasteiger partial charge on any atom is 0.338 e. The summed E-state index contributed by atoms with van der Waals surface area (Å²) in [5, 5.41) is 2.97. The van der Waals surface area contributed by atoms with Crippen molar-refractivity contribution in [2.75, 3.05) is 39.3 Å². The summed E-state index contributed by atoms with van der Waals surface area (Å²) in [6.45, 7) is 7.63. The second kappa shape index (κ2) is 11.5. The fourth-order valence-electron chi connectivity index (χ4n) is 5.01. The molecule has 1 fully saturated rings. The summed E-state index contributed by atoms with van der Waals surface area (Å²) in [5.41, 5.74) is 1.78. The zero-order valence-corrected chi connectivity index (χ0v) is 22.3. The number of amides is 2. The van der Waals surface area contributed by atoms with Crippen LogP contribution in [0.5, 0.6) is 0 Å². The monoisotopic (exact) mass is 526 g/mol. The largest absolute Gasteiger partial charge is 0.463 e. The molecular formula is C27H34N4O5S. The Morgan fingerprint density at radius 2 is 1.68 bits per heavy atom. The van der Waals surface area contributed by atoms with Crippen LogP contribution in [0.4, 0.5) is 4.79 Å². The molecular weight excluding hydrogens is 492 g/mol. The molecule has 9 nitrogen and oxygen atoms in total. The van der Waals surface area contributed by atoms with Crippen LogP contribution in [0.2, 0.25) is 0 Å². The summed E-state index contributed by atoms with van der Waals surface area (Å²) in [6, 6.07) is 16.6. The van der Waals surface area contributed by atoms with Crippen LogP contribution in [0.15, 0.2) is 76.8 Å². The van der Waals surface area contributed by atoms with Crippen LogP contribution in [0.3, 0.4) is 0 Å². The molecule has 2 amide bonds. The van der Waals surface area contributed by atoms with Gasteiger partial charge in [0.05, 0.1) is 23.1 Å². The van der Waals surface area contributed by atoms with E-state index in [1.807, 2.05) is 44.2 Å². The second-order valence-corrected chi connectivity index (χ2v) is 11.0. The van der Waals surface area contributed by atoms with E-state index in [-0.39, 0.29) is 23.6 Å². The lowest BCUT2D eigenvalue weighted by Gasteiger charge is -2.42. The number of urea groups is 1. The van der Waals surface area contributed by atoms with Gasteiger partial charge in [-0.2, -0.15) is 4.31 Å². The molecule has 1 saturated heterocycles. The SMILES string of the molecule is CCOC(=O)C1=C(CN2CCN(S(=O)(=O)c3ccccc3)[C@@H](C)C2)N(CC)C(=O)N[C@@H]1c1ccccc1. The number of likely N-dealkylation sites (N-methyl/N-ethyl adjacent to an activating group) is 1. The number of hydrogen-bond donors (Lipinski definition) is 1. The van der Waals surface area contributed by atoms with Gasteiger partial charge in [-0.25, -0.2) is 18.0 Å². The standard InChI is InChI=1S/C27H34N4O5S/c1-4-30-23(24(26(32)36-5-2)25(28-27(30)33)21-12-8-6-9-13-21)19-29-16-17-31(20(3)18-29)37(34,35)22-14-10-7-11-15-22/h6-15,20,25H,4-5,16-19H2,1-3H3,(H,28,33)/t20-,25+/m0/s1. The number of esters is 1. The highest BCUT2D eigenvalue weighted by atomic mass is 32.2. The maximum absolute atomic E-state index is 13.2. The number of benzene rings is 2. The summed E-state index contributed by atoms with van der Waals surface area (Å²) >= 11 is 0. The van der Waals surface area contributed by atoms with Gasteiger partial charge in [0.25, 0.3) is 0 Å². The smallest absolute Gasteiger partial charge is 0.338 e.